The number of nitrogens with one attached hydrogen (secondary N) is 1. The molecular weight excluding hydrogens is 360 g/mol. The second-order valence-corrected chi connectivity index (χ2v) is 5.85. The number of ether oxygens (including phenoxy) is 2. The summed E-state index contributed by atoms with van der Waals surface area (Å²) in [5.41, 5.74) is 0.224. The van der Waals surface area contributed by atoms with Gasteiger partial charge in [-0.05, 0) is 12.1 Å². The molecule has 0 fully saturated rings. The number of fused-ring (bicyclic) bond motifs is 1. The lowest BCUT2D eigenvalue weighted by Gasteiger charge is -2.15. The van der Waals surface area contributed by atoms with Gasteiger partial charge in [0.2, 0.25) is 5.52 Å². The third kappa shape index (κ3) is 3.35. The van der Waals surface area contributed by atoms with Crippen LogP contribution >= 0.6 is 0 Å². The van der Waals surface area contributed by atoms with E-state index in [1.54, 1.807) is 18.2 Å². The highest BCUT2D eigenvalue weighted by Crippen LogP contribution is 2.23. The molecular formula is C18H17F2N3O4. The summed E-state index contributed by atoms with van der Waals surface area (Å²) in [5, 5.41) is 27.8. The van der Waals surface area contributed by atoms with Crippen LogP contribution in [0.1, 0.15) is 11.3 Å². The number of hydrogen-bond acceptors (Lipinski definition) is 5. The maximum absolute atomic E-state index is 13.5. The van der Waals surface area contributed by atoms with Gasteiger partial charge in [0.1, 0.15) is 18.0 Å². The van der Waals surface area contributed by atoms with Gasteiger partial charge in [-0.1, -0.05) is 0 Å². The summed E-state index contributed by atoms with van der Waals surface area (Å²) in [6, 6.07) is 6.57. The Morgan fingerprint density at radius 1 is 0.889 bits per heavy atom. The van der Waals surface area contributed by atoms with Crippen molar-refractivity contribution in [2.45, 2.75) is 13.5 Å². The van der Waals surface area contributed by atoms with Crippen LogP contribution in [0.3, 0.4) is 0 Å². The van der Waals surface area contributed by atoms with E-state index in [1.165, 1.54) is 21.1 Å². The lowest BCUT2D eigenvalue weighted by atomic mass is 10.2. The minimum absolute atomic E-state index is 0.0263. The van der Waals surface area contributed by atoms with E-state index < -0.39 is 11.6 Å². The maximum Gasteiger partial charge on any atom is 0.348 e. The molecule has 0 amide bonds. The fourth-order valence-corrected chi connectivity index (χ4v) is 2.75. The molecule has 7 nitrogen and oxygen atoms in total. The van der Waals surface area contributed by atoms with Gasteiger partial charge in [-0.25, -0.2) is 13.5 Å². The molecule has 0 unspecified atom stereocenters. The van der Waals surface area contributed by atoms with Crippen molar-refractivity contribution in [2.24, 2.45) is 0 Å². The third-order valence-electron chi connectivity index (χ3n) is 4.18. The van der Waals surface area contributed by atoms with E-state index >= 15 is 0 Å². The molecule has 2 aromatic carbocycles. The van der Waals surface area contributed by atoms with Crippen molar-refractivity contribution in [1.82, 2.24) is 0 Å². The van der Waals surface area contributed by atoms with Crippen molar-refractivity contribution in [1.29, 1.82) is 0 Å². The molecule has 3 aromatic rings. The molecule has 9 heteroatoms. The van der Waals surface area contributed by atoms with Crippen LogP contribution in [0.4, 0.5) is 14.6 Å². The number of hydrogen-bond donors (Lipinski definition) is 1. The number of anilines is 1. The SMILES string of the molecule is COc1cc(CNc2c(C)[n+]([O-])c3cc(F)c(F)cc3[n+]2[O-])cc(OC)c1. The van der Waals surface area contributed by atoms with E-state index in [-0.39, 0.29) is 29.1 Å². The molecule has 142 valence electrons. The van der Waals surface area contributed by atoms with Crippen LogP contribution in [0.5, 0.6) is 11.5 Å². The monoisotopic (exact) mass is 377 g/mol. The average molecular weight is 377 g/mol. The summed E-state index contributed by atoms with van der Waals surface area (Å²) >= 11 is 0. The van der Waals surface area contributed by atoms with Crippen LogP contribution in [0.15, 0.2) is 30.3 Å². The Hall–Kier alpha value is -3.36. The van der Waals surface area contributed by atoms with Gasteiger partial charge in [0.25, 0.3) is 11.2 Å². The fourth-order valence-electron chi connectivity index (χ4n) is 2.75. The van der Waals surface area contributed by atoms with E-state index in [0.29, 0.717) is 33.1 Å². The van der Waals surface area contributed by atoms with Crippen LogP contribution < -0.4 is 24.3 Å². The Morgan fingerprint density at radius 3 is 1.93 bits per heavy atom. The number of benzene rings is 2. The van der Waals surface area contributed by atoms with E-state index in [0.717, 1.165) is 5.56 Å². The molecule has 0 aliphatic rings. The molecule has 0 aliphatic carbocycles. The van der Waals surface area contributed by atoms with Crippen molar-refractivity contribution >= 4 is 16.9 Å². The molecule has 0 saturated carbocycles. The van der Waals surface area contributed by atoms with Crippen LogP contribution in [-0.4, -0.2) is 14.2 Å². The highest BCUT2D eigenvalue weighted by atomic mass is 19.2. The largest absolute Gasteiger partial charge is 0.710 e. The molecule has 27 heavy (non-hydrogen) atoms. The van der Waals surface area contributed by atoms with Crippen molar-refractivity contribution in [3.8, 4) is 11.5 Å². The lowest BCUT2D eigenvalue weighted by Crippen LogP contribution is -2.43. The number of aromatic nitrogens is 2. The normalized spacial score (nSPS) is 10.9. The topological polar surface area (TPSA) is 84.4 Å². The predicted molar refractivity (Wildman–Crippen MR) is 93.4 cm³/mol. The number of nitrogens with zero attached hydrogens (tertiary/aromatic N) is 2. The fraction of sp³-hybridized carbons (Fsp3) is 0.222. The van der Waals surface area contributed by atoms with Gasteiger partial charge in [-0.2, -0.15) is 4.73 Å². The zero-order chi connectivity index (χ0) is 19.7. The van der Waals surface area contributed by atoms with E-state index in [9.17, 15) is 19.2 Å². The van der Waals surface area contributed by atoms with Gasteiger partial charge in [0.05, 0.1) is 20.3 Å². The summed E-state index contributed by atoms with van der Waals surface area (Å²) in [7, 11) is 3.03. The maximum atomic E-state index is 13.5. The third-order valence-corrected chi connectivity index (χ3v) is 4.18. The number of methoxy groups -OCH3 is 2. The van der Waals surface area contributed by atoms with Crippen LogP contribution in [0.25, 0.3) is 11.0 Å². The highest BCUT2D eigenvalue weighted by Gasteiger charge is 2.25. The summed E-state index contributed by atoms with van der Waals surface area (Å²) in [5.74, 6) is -1.35. The molecule has 1 heterocycles. The van der Waals surface area contributed by atoms with Crippen LogP contribution in [0, 0.1) is 29.0 Å². The van der Waals surface area contributed by atoms with Crippen molar-refractivity contribution < 1.29 is 27.7 Å². The van der Waals surface area contributed by atoms with Gasteiger partial charge in [0.15, 0.2) is 11.6 Å². The average Bonchev–Trinajstić information content (AvgIpc) is 2.67. The quantitative estimate of drug-likeness (QED) is 0.545. The van der Waals surface area contributed by atoms with Crippen molar-refractivity contribution in [3.63, 3.8) is 0 Å². The first-order chi connectivity index (χ1) is 12.8. The van der Waals surface area contributed by atoms with Gasteiger partial charge >= 0.3 is 5.82 Å². The van der Waals surface area contributed by atoms with Crippen molar-refractivity contribution in [3.05, 3.63) is 63.6 Å². The van der Waals surface area contributed by atoms with Crippen molar-refractivity contribution in [2.75, 3.05) is 19.5 Å². The minimum Gasteiger partial charge on any atom is -0.710 e. The summed E-state index contributed by atoms with van der Waals surface area (Å²) in [6.45, 7) is 1.59. The second-order valence-electron chi connectivity index (χ2n) is 5.85. The standard InChI is InChI=1S/C18H17F2N3O4/c1-10-18(21-9-11-4-12(26-2)6-13(5-11)27-3)23(25)17-8-15(20)14(19)7-16(17)22(10)24/h4-8,21H,9H2,1-3H3. The minimum atomic E-state index is -1.21. The van der Waals surface area contributed by atoms with E-state index in [1.807, 2.05) is 0 Å². The lowest BCUT2D eigenvalue weighted by molar-refractivity contribution is -0.623. The molecule has 0 bridgehead atoms. The first-order valence-corrected chi connectivity index (χ1v) is 7.96. The van der Waals surface area contributed by atoms with E-state index in [2.05, 4.69) is 5.32 Å². The zero-order valence-electron chi connectivity index (χ0n) is 14.9. The Morgan fingerprint density at radius 2 is 1.41 bits per heavy atom. The van der Waals surface area contributed by atoms with Gasteiger partial charge in [-0.3, -0.25) is 5.32 Å². The Balaban J connectivity index is 2.02. The summed E-state index contributed by atoms with van der Waals surface area (Å²) in [6.07, 6.45) is 0. The molecule has 1 N–H and O–H groups in total. The van der Waals surface area contributed by atoms with Gasteiger partial charge in [-0.15, -0.1) is 0 Å². The highest BCUT2D eigenvalue weighted by molar-refractivity contribution is 5.69. The molecule has 0 radical (unpaired) electrons. The molecule has 1 aromatic heterocycles. The first-order valence-electron chi connectivity index (χ1n) is 7.96. The molecule has 0 saturated heterocycles. The molecule has 0 spiro atoms. The first kappa shape index (κ1) is 18.4. The van der Waals surface area contributed by atoms with Gasteiger partial charge < -0.3 is 19.9 Å². The Bertz CT molecular complexity index is 1010. The molecule has 3 rings (SSSR count). The zero-order valence-corrected chi connectivity index (χ0v) is 14.9. The van der Waals surface area contributed by atoms with E-state index in [4.69, 9.17) is 9.47 Å². The van der Waals surface area contributed by atoms with Crippen LogP contribution in [-0.2, 0) is 6.54 Å². The number of rotatable bonds is 5. The molecule has 0 aliphatic heterocycles. The predicted octanol–water partition coefficient (Wildman–Crippen LogP) is 2.32. The Kier molecular flexibility index (Phi) is 4.85. The summed E-state index contributed by atoms with van der Waals surface area (Å²) < 4.78 is 38.1. The number of halogens is 2. The Labute approximate surface area is 153 Å². The summed E-state index contributed by atoms with van der Waals surface area (Å²) in [4.78, 5) is 0. The second kappa shape index (κ2) is 7.10. The smallest absolute Gasteiger partial charge is 0.348 e. The van der Waals surface area contributed by atoms with Gasteiger partial charge in [0, 0.05) is 24.6 Å². The molecule has 0 atom stereocenters. The van der Waals surface area contributed by atoms with Crippen LogP contribution in [0.2, 0.25) is 0 Å².